The number of carboxylic acid groups (broad SMARTS) is 1. The summed E-state index contributed by atoms with van der Waals surface area (Å²) in [4.78, 5) is 60.8. The van der Waals surface area contributed by atoms with Gasteiger partial charge < -0.3 is 33.9 Å². The number of carbonyl (C=O) groups excluding carboxylic acids is 1. The molecule has 2 fully saturated rings. The zero-order chi connectivity index (χ0) is 33.4. The van der Waals surface area contributed by atoms with Crippen LogP contribution in [0.4, 0.5) is 10.1 Å². The fraction of sp³-hybridized carbons (Fsp3) is 0.312. The van der Waals surface area contributed by atoms with Crippen LogP contribution in [0.15, 0.2) is 51.3 Å². The molecule has 0 bridgehead atoms. The van der Waals surface area contributed by atoms with Crippen LogP contribution in [0.2, 0.25) is 0 Å². The molecule has 0 spiro atoms. The minimum Gasteiger partial charge on any atom is -0.493 e. The molecule has 0 atom stereocenters. The number of carboxylic acids is 1. The number of H-pyrrole nitrogens is 1. The third-order valence-electron chi connectivity index (χ3n) is 8.24. The first-order chi connectivity index (χ1) is 22.6. The highest BCUT2D eigenvalue weighted by molar-refractivity contribution is 7.99. The number of benzene rings is 2. The zero-order valence-electron chi connectivity index (χ0n) is 25.4. The predicted molar refractivity (Wildman–Crippen MR) is 171 cm³/mol. The molecular formula is C32H29FN6O7S. The number of nitrogens with zero attached hydrogens (tertiary/aromatic N) is 5. The van der Waals surface area contributed by atoms with E-state index in [2.05, 4.69) is 9.97 Å². The number of pyridine rings is 1. The Morgan fingerprint density at radius 2 is 1.83 bits per heavy atom. The Morgan fingerprint density at radius 3 is 2.47 bits per heavy atom. The highest BCUT2D eigenvalue weighted by atomic mass is 32.2. The third-order valence-corrected chi connectivity index (χ3v) is 9.10. The number of hydrogen-bond acceptors (Lipinski definition) is 10. The number of ether oxygens (including phenoxy) is 2. The lowest BCUT2D eigenvalue weighted by Crippen LogP contribution is -2.49. The number of aromatic amines is 1. The normalized spacial score (nSPS) is 14.6. The number of amides is 1. The van der Waals surface area contributed by atoms with Crippen molar-refractivity contribution in [3.05, 3.63) is 74.0 Å². The minimum atomic E-state index is -1.35. The fourth-order valence-electron chi connectivity index (χ4n) is 5.64. The van der Waals surface area contributed by atoms with E-state index in [0.717, 1.165) is 30.7 Å². The summed E-state index contributed by atoms with van der Waals surface area (Å²) >= 11 is 1.03. The summed E-state index contributed by atoms with van der Waals surface area (Å²) in [6.07, 6.45) is 3.02. The molecule has 13 nitrogen and oxygen atoms in total. The molecule has 1 aliphatic heterocycles. The van der Waals surface area contributed by atoms with E-state index in [1.54, 1.807) is 38.6 Å². The van der Waals surface area contributed by atoms with Gasteiger partial charge in [0.25, 0.3) is 5.56 Å². The van der Waals surface area contributed by atoms with Crippen molar-refractivity contribution in [3.63, 3.8) is 0 Å². The van der Waals surface area contributed by atoms with E-state index in [-0.39, 0.29) is 50.8 Å². The van der Waals surface area contributed by atoms with E-state index in [0.29, 0.717) is 48.8 Å². The van der Waals surface area contributed by atoms with E-state index in [9.17, 15) is 29.5 Å². The predicted octanol–water partition coefficient (Wildman–Crippen LogP) is 3.25. The van der Waals surface area contributed by atoms with Crippen LogP contribution in [0.1, 0.15) is 34.8 Å². The molecule has 2 aromatic heterocycles. The molecule has 1 amide bonds. The van der Waals surface area contributed by atoms with Gasteiger partial charge in [-0.05, 0) is 43.2 Å². The second-order valence-corrected chi connectivity index (χ2v) is 12.0. The maximum Gasteiger partial charge on any atom is 0.341 e. The van der Waals surface area contributed by atoms with Crippen LogP contribution in [0.5, 0.6) is 11.5 Å². The average Bonchev–Trinajstić information content (AvgIpc) is 3.92. The number of anilines is 1. The Labute approximate surface area is 271 Å². The molecule has 2 N–H and O–H groups in total. The van der Waals surface area contributed by atoms with E-state index < -0.39 is 22.8 Å². The van der Waals surface area contributed by atoms with Gasteiger partial charge in [-0.25, -0.2) is 14.2 Å². The maximum atomic E-state index is 15.4. The highest BCUT2D eigenvalue weighted by Crippen LogP contribution is 2.38. The molecule has 1 aliphatic carbocycles. The highest BCUT2D eigenvalue weighted by Gasteiger charge is 2.29. The van der Waals surface area contributed by atoms with Crippen LogP contribution in [-0.2, 0) is 4.79 Å². The summed E-state index contributed by atoms with van der Waals surface area (Å²) in [5, 5.41) is 19.3. The molecule has 47 heavy (non-hydrogen) atoms. The van der Waals surface area contributed by atoms with Crippen molar-refractivity contribution in [1.29, 1.82) is 5.26 Å². The van der Waals surface area contributed by atoms with Gasteiger partial charge in [0.2, 0.25) is 11.3 Å². The van der Waals surface area contributed by atoms with E-state index in [4.69, 9.17) is 9.47 Å². The SMILES string of the molecule is COc1ccc(-c2nc(SCC(=O)N3CCN(c4cc5c(cc4F)c(=O)c(C(=O)O)cn5C4CC4)CC3)[nH]c(=O)c2C#N)cc1OC. The first-order valence-electron chi connectivity index (χ1n) is 14.7. The number of fused-ring (bicyclic) bond motifs is 1. The number of nitriles is 1. The van der Waals surface area contributed by atoms with Gasteiger partial charge in [-0.1, -0.05) is 11.8 Å². The fourth-order valence-corrected chi connectivity index (χ4v) is 6.41. The number of nitrogens with one attached hydrogen (secondary N) is 1. The number of thioether (sulfide) groups is 1. The summed E-state index contributed by atoms with van der Waals surface area (Å²) in [5.74, 6) is -1.38. The monoisotopic (exact) mass is 660 g/mol. The molecule has 242 valence electrons. The first kappa shape index (κ1) is 31.6. The van der Waals surface area contributed by atoms with Crippen molar-refractivity contribution in [2.75, 3.05) is 51.1 Å². The van der Waals surface area contributed by atoms with Gasteiger partial charge in [-0.15, -0.1) is 0 Å². The summed E-state index contributed by atoms with van der Waals surface area (Å²) in [5.41, 5.74) is -0.573. The summed E-state index contributed by atoms with van der Waals surface area (Å²) in [7, 11) is 2.96. The van der Waals surface area contributed by atoms with Gasteiger partial charge in [-0.2, -0.15) is 5.26 Å². The second-order valence-electron chi connectivity index (χ2n) is 11.1. The number of aromatic carboxylic acids is 1. The minimum absolute atomic E-state index is 0.0210. The van der Waals surface area contributed by atoms with Gasteiger partial charge in [0.15, 0.2) is 16.7 Å². The molecule has 1 saturated heterocycles. The Bertz CT molecular complexity index is 2080. The number of aromatic nitrogens is 3. The van der Waals surface area contributed by atoms with Gasteiger partial charge >= 0.3 is 5.97 Å². The molecule has 1 saturated carbocycles. The van der Waals surface area contributed by atoms with Crippen molar-refractivity contribution in [2.45, 2.75) is 24.0 Å². The van der Waals surface area contributed by atoms with Crippen LogP contribution in [0, 0.1) is 17.1 Å². The lowest BCUT2D eigenvalue weighted by Gasteiger charge is -2.36. The number of carbonyl (C=O) groups is 2. The summed E-state index contributed by atoms with van der Waals surface area (Å²) in [6.45, 7) is 1.27. The number of halogens is 1. The average molecular weight is 661 g/mol. The molecule has 2 aromatic carbocycles. The number of hydrogen-bond donors (Lipinski definition) is 2. The Balaban J connectivity index is 1.16. The van der Waals surface area contributed by atoms with E-state index in [1.165, 1.54) is 20.4 Å². The zero-order valence-corrected chi connectivity index (χ0v) is 26.2. The van der Waals surface area contributed by atoms with Crippen LogP contribution >= 0.6 is 11.8 Å². The van der Waals surface area contributed by atoms with Crippen molar-refractivity contribution in [3.8, 4) is 28.8 Å². The largest absolute Gasteiger partial charge is 0.493 e. The van der Waals surface area contributed by atoms with Crippen molar-refractivity contribution in [1.82, 2.24) is 19.4 Å². The lowest BCUT2D eigenvalue weighted by atomic mass is 10.1. The van der Waals surface area contributed by atoms with Crippen LogP contribution < -0.4 is 25.4 Å². The van der Waals surface area contributed by atoms with Crippen molar-refractivity contribution in [2.24, 2.45) is 0 Å². The van der Waals surface area contributed by atoms with Gasteiger partial charge in [0.05, 0.1) is 36.9 Å². The maximum absolute atomic E-state index is 15.4. The quantitative estimate of drug-likeness (QED) is 0.200. The molecule has 3 heterocycles. The molecule has 2 aliphatic rings. The Kier molecular flexibility index (Phi) is 8.61. The smallest absolute Gasteiger partial charge is 0.341 e. The van der Waals surface area contributed by atoms with Crippen LogP contribution in [0.25, 0.3) is 22.2 Å². The Morgan fingerprint density at radius 1 is 1.11 bits per heavy atom. The molecular weight excluding hydrogens is 631 g/mol. The summed E-state index contributed by atoms with van der Waals surface area (Å²) < 4.78 is 27.7. The molecule has 6 rings (SSSR count). The van der Waals surface area contributed by atoms with Gasteiger partial charge in [0.1, 0.15) is 23.0 Å². The number of rotatable bonds is 9. The van der Waals surface area contributed by atoms with Crippen LogP contribution in [0.3, 0.4) is 0 Å². The summed E-state index contributed by atoms with van der Waals surface area (Å²) in [6, 6.07) is 9.54. The third kappa shape index (κ3) is 6.11. The van der Waals surface area contributed by atoms with E-state index in [1.807, 2.05) is 6.07 Å². The van der Waals surface area contributed by atoms with Gasteiger partial charge in [-0.3, -0.25) is 14.4 Å². The molecule has 4 aromatic rings. The number of piperazine rings is 1. The molecule has 0 radical (unpaired) electrons. The standard InChI is InChI=1S/C32H29FN6O7S/c1-45-25-6-3-17(11-26(25)46-2)28-20(14-34)30(42)36-32(35-28)47-16-27(40)38-9-7-37(8-10-38)24-13-23-19(12-22(24)33)29(41)21(31(43)44)15-39(23)18-4-5-18/h3,6,11-13,15,18H,4-5,7-10,16H2,1-2H3,(H,43,44)(H,35,36,42). The topological polar surface area (TPSA) is 171 Å². The molecule has 0 unspecified atom stereocenters. The van der Waals surface area contributed by atoms with Crippen LogP contribution in [-0.4, -0.2) is 82.6 Å². The number of methoxy groups -OCH3 is 2. The Hall–Kier alpha value is -5.36. The molecule has 15 heteroatoms. The van der Waals surface area contributed by atoms with Gasteiger partial charge in [0, 0.05) is 49.4 Å². The lowest BCUT2D eigenvalue weighted by molar-refractivity contribution is -0.128. The first-order valence-corrected chi connectivity index (χ1v) is 15.7. The van der Waals surface area contributed by atoms with E-state index >= 15 is 4.39 Å². The van der Waals surface area contributed by atoms with Crippen molar-refractivity contribution >= 4 is 40.2 Å². The van der Waals surface area contributed by atoms with Crippen molar-refractivity contribution < 1.29 is 28.6 Å². The second kappa shape index (κ2) is 12.8.